The third-order valence-corrected chi connectivity index (χ3v) is 5.15. The van der Waals surface area contributed by atoms with Gasteiger partial charge in [0.1, 0.15) is 0 Å². The molecule has 1 heterocycles. The molecule has 0 bridgehead atoms. The van der Waals surface area contributed by atoms with Gasteiger partial charge in [-0.05, 0) is 42.5 Å². The minimum absolute atomic E-state index is 0.0827. The van der Waals surface area contributed by atoms with Gasteiger partial charge in [0.05, 0.1) is 10.2 Å². The molecule has 0 aliphatic heterocycles. The predicted molar refractivity (Wildman–Crippen MR) is 77.2 cm³/mol. The van der Waals surface area contributed by atoms with Crippen molar-refractivity contribution in [3.8, 4) is 0 Å². The zero-order chi connectivity index (χ0) is 15.5. The van der Waals surface area contributed by atoms with Gasteiger partial charge in [0.2, 0.25) is 0 Å². The molecule has 0 N–H and O–H groups in total. The van der Waals surface area contributed by atoms with E-state index in [2.05, 4.69) is 4.98 Å². The molecule has 0 saturated heterocycles. The number of thiazole rings is 1. The molecule has 0 saturated carbocycles. The molecule has 1 aromatic heterocycles. The number of rotatable bonds is 5. The number of allylic oxidation sites excluding steroid dienone is 1. The molecule has 114 valence electrons. The number of alkyl halides is 3. The fourth-order valence-electron chi connectivity index (χ4n) is 1.46. The average molecular weight is 357 g/mol. The molecular formula is C12H8F5NS3. The van der Waals surface area contributed by atoms with E-state index in [-0.39, 0.29) is 23.1 Å². The van der Waals surface area contributed by atoms with Crippen molar-refractivity contribution in [1.29, 1.82) is 0 Å². The van der Waals surface area contributed by atoms with Crippen molar-refractivity contribution < 1.29 is 22.0 Å². The van der Waals surface area contributed by atoms with Gasteiger partial charge in [-0.2, -0.15) is 22.0 Å². The molecule has 0 spiro atoms. The lowest BCUT2D eigenvalue weighted by atomic mass is 10.3. The Hall–Kier alpha value is -0.800. The zero-order valence-corrected chi connectivity index (χ0v) is 12.7. The van der Waals surface area contributed by atoms with Gasteiger partial charge in [-0.3, -0.25) is 0 Å². The van der Waals surface area contributed by atoms with Gasteiger partial charge in [-0.15, -0.1) is 11.3 Å². The first kappa shape index (κ1) is 16.6. The quantitative estimate of drug-likeness (QED) is 0.361. The number of nitrogens with zero attached hydrogens (tertiary/aromatic N) is 1. The van der Waals surface area contributed by atoms with Gasteiger partial charge in [-0.25, -0.2) is 4.98 Å². The second-order valence-corrected chi connectivity index (χ2v) is 7.30. The van der Waals surface area contributed by atoms with Crippen molar-refractivity contribution in [2.75, 3.05) is 5.75 Å². The number of hydrogen-bond acceptors (Lipinski definition) is 4. The van der Waals surface area contributed by atoms with E-state index in [0.29, 0.717) is 15.6 Å². The normalized spacial score (nSPS) is 11.9. The summed E-state index contributed by atoms with van der Waals surface area (Å²) < 4.78 is 62.0. The lowest BCUT2D eigenvalue weighted by molar-refractivity contribution is -0.0328. The smallest absolute Gasteiger partial charge is 0.230 e. The van der Waals surface area contributed by atoms with E-state index >= 15 is 0 Å². The van der Waals surface area contributed by atoms with E-state index < -0.39 is 11.6 Å². The van der Waals surface area contributed by atoms with Gasteiger partial charge >= 0.3 is 5.51 Å². The van der Waals surface area contributed by atoms with Crippen LogP contribution in [0.3, 0.4) is 0 Å². The van der Waals surface area contributed by atoms with Crippen molar-refractivity contribution >= 4 is 45.1 Å². The van der Waals surface area contributed by atoms with Crippen molar-refractivity contribution in [3.05, 3.63) is 30.4 Å². The predicted octanol–water partition coefficient (Wildman–Crippen LogP) is 6.17. The Morgan fingerprint density at radius 3 is 2.71 bits per heavy atom. The summed E-state index contributed by atoms with van der Waals surface area (Å²) in [5.74, 6) is 0.446. The fraction of sp³-hybridized carbons (Fsp3) is 0.250. The van der Waals surface area contributed by atoms with E-state index in [9.17, 15) is 22.0 Å². The first-order valence-electron chi connectivity index (χ1n) is 5.64. The van der Waals surface area contributed by atoms with Gasteiger partial charge in [-0.1, -0.05) is 11.8 Å². The molecule has 0 radical (unpaired) electrons. The molecule has 0 unspecified atom stereocenters. The highest BCUT2D eigenvalue weighted by molar-refractivity contribution is 8.01. The summed E-state index contributed by atoms with van der Waals surface area (Å²) in [4.78, 5) is 4.30. The largest absolute Gasteiger partial charge is 0.446 e. The van der Waals surface area contributed by atoms with Crippen LogP contribution in [-0.4, -0.2) is 16.2 Å². The molecular weight excluding hydrogens is 349 g/mol. The summed E-state index contributed by atoms with van der Waals surface area (Å²) in [6.45, 7) is 0. The number of halogens is 5. The third-order valence-electron chi connectivity index (χ3n) is 2.22. The van der Waals surface area contributed by atoms with Crippen LogP contribution in [0.2, 0.25) is 0 Å². The molecule has 0 atom stereocenters. The van der Waals surface area contributed by atoms with Crippen LogP contribution in [-0.2, 0) is 0 Å². The number of aromatic nitrogens is 1. The highest BCUT2D eigenvalue weighted by Crippen LogP contribution is 2.39. The second-order valence-electron chi connectivity index (χ2n) is 3.79. The lowest BCUT2D eigenvalue weighted by Crippen LogP contribution is -1.98. The monoisotopic (exact) mass is 357 g/mol. The SMILES string of the molecule is FC(F)=CCCSc1nc2cc(SC(F)(F)F)ccc2s1. The van der Waals surface area contributed by atoms with Crippen LogP contribution < -0.4 is 0 Å². The summed E-state index contributed by atoms with van der Waals surface area (Å²) in [5, 5.41) is 0. The molecule has 21 heavy (non-hydrogen) atoms. The Bertz CT molecular complexity index is 646. The zero-order valence-electron chi connectivity index (χ0n) is 10.3. The molecule has 1 aromatic carbocycles. The molecule has 0 amide bonds. The Balaban J connectivity index is 2.05. The number of hydrogen-bond donors (Lipinski definition) is 0. The second kappa shape index (κ2) is 6.97. The van der Waals surface area contributed by atoms with Crippen molar-refractivity contribution in [2.24, 2.45) is 0 Å². The average Bonchev–Trinajstić information content (AvgIpc) is 2.74. The van der Waals surface area contributed by atoms with E-state index in [0.717, 1.165) is 10.8 Å². The van der Waals surface area contributed by atoms with Crippen LogP contribution in [0.25, 0.3) is 10.2 Å². The molecule has 0 aliphatic rings. The Kier molecular flexibility index (Phi) is 5.50. The van der Waals surface area contributed by atoms with Crippen LogP contribution in [0.4, 0.5) is 22.0 Å². The van der Waals surface area contributed by atoms with Crippen molar-refractivity contribution in [1.82, 2.24) is 4.98 Å². The topological polar surface area (TPSA) is 12.9 Å². The Labute approximate surface area is 129 Å². The van der Waals surface area contributed by atoms with Crippen molar-refractivity contribution in [3.63, 3.8) is 0 Å². The van der Waals surface area contributed by atoms with Gasteiger partial charge < -0.3 is 0 Å². The van der Waals surface area contributed by atoms with Crippen LogP contribution in [0.15, 0.2) is 39.6 Å². The summed E-state index contributed by atoms with van der Waals surface area (Å²) in [6, 6.07) is 4.37. The molecule has 1 nitrogen and oxygen atoms in total. The van der Waals surface area contributed by atoms with Crippen molar-refractivity contribution in [2.45, 2.75) is 21.2 Å². The third kappa shape index (κ3) is 5.48. The molecule has 0 fully saturated rings. The van der Waals surface area contributed by atoms with E-state index in [1.807, 2.05) is 0 Å². The summed E-state index contributed by atoms with van der Waals surface area (Å²) in [6.07, 6.45) is -0.662. The maximum absolute atomic E-state index is 12.3. The van der Waals surface area contributed by atoms with Gasteiger partial charge in [0, 0.05) is 10.6 Å². The number of thioether (sulfide) groups is 2. The van der Waals surface area contributed by atoms with E-state index in [4.69, 9.17) is 0 Å². The van der Waals surface area contributed by atoms with E-state index in [1.54, 1.807) is 6.07 Å². The maximum Gasteiger partial charge on any atom is 0.446 e. The lowest BCUT2D eigenvalue weighted by Gasteiger charge is -2.04. The van der Waals surface area contributed by atoms with Crippen LogP contribution in [0, 0.1) is 0 Å². The minimum Gasteiger partial charge on any atom is -0.230 e. The van der Waals surface area contributed by atoms with Crippen LogP contribution >= 0.6 is 34.9 Å². The fourth-order valence-corrected chi connectivity index (χ4v) is 4.04. The molecule has 0 aliphatic carbocycles. The first-order valence-corrected chi connectivity index (χ1v) is 8.25. The molecule has 2 aromatic rings. The Morgan fingerprint density at radius 1 is 1.29 bits per heavy atom. The van der Waals surface area contributed by atoms with Gasteiger partial charge in [0.25, 0.3) is 6.08 Å². The van der Waals surface area contributed by atoms with Crippen LogP contribution in [0.1, 0.15) is 6.42 Å². The standard InChI is InChI=1S/C12H8F5NS3/c13-10(14)2-1-5-19-11-18-8-6-7(21-12(15,16)17)3-4-9(8)20-11/h2-4,6H,1,5H2. The maximum atomic E-state index is 12.3. The number of fused-ring (bicyclic) bond motifs is 1. The first-order chi connectivity index (χ1) is 9.83. The summed E-state index contributed by atoms with van der Waals surface area (Å²) in [7, 11) is 0. The highest BCUT2D eigenvalue weighted by atomic mass is 32.2. The number of benzene rings is 1. The Morgan fingerprint density at radius 2 is 2.05 bits per heavy atom. The molecule has 2 rings (SSSR count). The van der Waals surface area contributed by atoms with Crippen LogP contribution in [0.5, 0.6) is 0 Å². The van der Waals surface area contributed by atoms with E-state index in [1.165, 1.54) is 35.2 Å². The highest BCUT2D eigenvalue weighted by Gasteiger charge is 2.29. The minimum atomic E-state index is -4.33. The summed E-state index contributed by atoms with van der Waals surface area (Å²) in [5.41, 5.74) is -3.84. The molecule has 9 heteroatoms. The van der Waals surface area contributed by atoms with Gasteiger partial charge in [0.15, 0.2) is 4.34 Å². The summed E-state index contributed by atoms with van der Waals surface area (Å²) >= 11 is 2.46.